The highest BCUT2D eigenvalue weighted by molar-refractivity contribution is 5.28. The van der Waals surface area contributed by atoms with Gasteiger partial charge in [0.05, 0.1) is 13.2 Å². The van der Waals surface area contributed by atoms with Crippen LogP contribution in [0.15, 0.2) is 24.3 Å². The predicted octanol–water partition coefficient (Wildman–Crippen LogP) is 1.62. The maximum atomic E-state index is 8.99. The molecule has 0 aliphatic heterocycles. The van der Waals surface area contributed by atoms with Gasteiger partial charge in [0.2, 0.25) is 0 Å². The summed E-state index contributed by atoms with van der Waals surface area (Å²) in [5, 5.41) is 8.99. The maximum absolute atomic E-state index is 8.99. The van der Waals surface area contributed by atoms with E-state index in [0.29, 0.717) is 19.2 Å². The number of nitrogens with two attached hydrogens (primary N) is 1. The van der Waals surface area contributed by atoms with Crippen molar-refractivity contribution in [1.29, 1.82) is 0 Å². The largest absolute Gasteiger partial charge is 0.494 e. The molecule has 0 aliphatic rings. The zero-order chi connectivity index (χ0) is 14.1. The fraction of sp³-hybridized carbons (Fsp3) is 0.600. The van der Waals surface area contributed by atoms with Crippen molar-refractivity contribution in [2.24, 2.45) is 5.73 Å². The summed E-state index contributed by atoms with van der Waals surface area (Å²) in [6.45, 7) is 7.37. The Morgan fingerprint density at radius 3 is 2.74 bits per heavy atom. The molecule has 1 rings (SSSR count). The molecule has 0 spiro atoms. The van der Waals surface area contributed by atoms with Gasteiger partial charge in [-0.2, -0.15) is 0 Å². The molecule has 0 saturated carbocycles. The molecular weight excluding hydrogens is 240 g/mol. The summed E-state index contributed by atoms with van der Waals surface area (Å²) in [6.07, 6.45) is 0.949. The minimum absolute atomic E-state index is 0.206. The van der Waals surface area contributed by atoms with Gasteiger partial charge < -0.3 is 15.6 Å². The lowest BCUT2D eigenvalue weighted by Gasteiger charge is -2.25. The van der Waals surface area contributed by atoms with Gasteiger partial charge >= 0.3 is 0 Å². The first-order chi connectivity index (χ1) is 9.17. The lowest BCUT2D eigenvalue weighted by molar-refractivity contribution is 0.155. The predicted molar refractivity (Wildman–Crippen MR) is 78.2 cm³/mol. The molecule has 3 N–H and O–H groups in total. The van der Waals surface area contributed by atoms with Gasteiger partial charge in [-0.1, -0.05) is 12.1 Å². The number of aliphatic hydroxyl groups excluding tert-OH is 1. The fourth-order valence-electron chi connectivity index (χ4n) is 1.98. The third-order valence-corrected chi connectivity index (χ3v) is 3.11. The second kappa shape index (κ2) is 8.91. The third-order valence-electron chi connectivity index (χ3n) is 3.11. The third kappa shape index (κ3) is 6.05. The molecule has 0 fully saturated rings. The molecule has 0 saturated heterocycles. The van der Waals surface area contributed by atoms with Crippen LogP contribution in [0.5, 0.6) is 5.75 Å². The van der Waals surface area contributed by atoms with E-state index in [-0.39, 0.29) is 6.61 Å². The Hall–Kier alpha value is -1.10. The Bertz CT molecular complexity index is 356. The monoisotopic (exact) mass is 266 g/mol. The lowest BCUT2D eigenvalue weighted by Crippen LogP contribution is -2.34. The Labute approximate surface area is 116 Å². The van der Waals surface area contributed by atoms with Gasteiger partial charge in [-0.15, -0.1) is 0 Å². The highest BCUT2D eigenvalue weighted by Gasteiger charge is 2.07. The summed E-state index contributed by atoms with van der Waals surface area (Å²) in [5.41, 5.74) is 6.68. The average molecular weight is 266 g/mol. The second-order valence-corrected chi connectivity index (χ2v) is 4.91. The van der Waals surface area contributed by atoms with Crippen LogP contribution in [0, 0.1) is 0 Å². The molecule has 0 unspecified atom stereocenters. The summed E-state index contributed by atoms with van der Waals surface area (Å²) in [4.78, 5) is 2.25. The summed E-state index contributed by atoms with van der Waals surface area (Å²) in [7, 11) is 0. The summed E-state index contributed by atoms with van der Waals surface area (Å²) in [5.74, 6) is 0.876. The highest BCUT2D eigenvalue weighted by Crippen LogP contribution is 2.13. The molecule has 0 bridgehead atoms. The number of rotatable bonds is 9. The maximum Gasteiger partial charge on any atom is 0.119 e. The van der Waals surface area contributed by atoms with E-state index < -0.39 is 0 Å². The number of hydrogen-bond acceptors (Lipinski definition) is 4. The number of ether oxygens (including phenoxy) is 1. The lowest BCUT2D eigenvalue weighted by atomic mass is 10.2. The standard InChI is InChI=1S/C15H26N2O2/c1-13(2)17(8-9-18)7-4-10-19-15-6-3-5-14(11-15)12-16/h3,5-6,11,13,18H,4,7-10,12,16H2,1-2H3. The molecular formula is C15H26N2O2. The van der Waals surface area contributed by atoms with Crippen LogP contribution in [-0.2, 0) is 6.54 Å². The van der Waals surface area contributed by atoms with Crippen LogP contribution >= 0.6 is 0 Å². The van der Waals surface area contributed by atoms with E-state index in [2.05, 4.69) is 18.7 Å². The van der Waals surface area contributed by atoms with E-state index in [1.54, 1.807) is 0 Å². The Morgan fingerprint density at radius 2 is 2.11 bits per heavy atom. The van der Waals surface area contributed by atoms with Crippen LogP contribution in [-0.4, -0.2) is 42.4 Å². The summed E-state index contributed by atoms with van der Waals surface area (Å²) >= 11 is 0. The topological polar surface area (TPSA) is 58.7 Å². The second-order valence-electron chi connectivity index (χ2n) is 4.91. The van der Waals surface area contributed by atoms with Crippen LogP contribution in [0.25, 0.3) is 0 Å². The Morgan fingerprint density at radius 1 is 1.32 bits per heavy atom. The van der Waals surface area contributed by atoms with Gasteiger partial charge in [-0.25, -0.2) is 0 Å². The molecule has 19 heavy (non-hydrogen) atoms. The van der Waals surface area contributed by atoms with Crippen molar-refractivity contribution in [3.05, 3.63) is 29.8 Å². The first-order valence-electron chi connectivity index (χ1n) is 6.94. The minimum atomic E-state index is 0.206. The smallest absolute Gasteiger partial charge is 0.119 e. The number of nitrogens with zero attached hydrogens (tertiary/aromatic N) is 1. The molecule has 4 heteroatoms. The molecule has 1 aromatic carbocycles. The molecule has 0 radical (unpaired) electrons. The first kappa shape index (κ1) is 16.0. The first-order valence-corrected chi connectivity index (χ1v) is 6.94. The van der Waals surface area contributed by atoms with Crippen LogP contribution in [0.2, 0.25) is 0 Å². The minimum Gasteiger partial charge on any atom is -0.494 e. The summed E-state index contributed by atoms with van der Waals surface area (Å²) < 4.78 is 5.71. The summed E-state index contributed by atoms with van der Waals surface area (Å²) in [6, 6.07) is 8.34. The van der Waals surface area contributed by atoms with Crippen LogP contribution in [0.3, 0.4) is 0 Å². The number of aliphatic hydroxyl groups is 1. The van der Waals surface area contributed by atoms with Gasteiger partial charge in [-0.3, -0.25) is 4.90 Å². The van der Waals surface area contributed by atoms with Crippen molar-refractivity contribution < 1.29 is 9.84 Å². The van der Waals surface area contributed by atoms with Gasteiger partial charge in [0.25, 0.3) is 0 Å². The molecule has 4 nitrogen and oxygen atoms in total. The van der Waals surface area contributed by atoms with E-state index in [4.69, 9.17) is 15.6 Å². The number of hydrogen-bond donors (Lipinski definition) is 2. The van der Waals surface area contributed by atoms with Gasteiger partial charge in [-0.05, 0) is 38.0 Å². The fourth-order valence-corrected chi connectivity index (χ4v) is 1.98. The van der Waals surface area contributed by atoms with Crippen molar-refractivity contribution in [3.8, 4) is 5.75 Å². The highest BCUT2D eigenvalue weighted by atomic mass is 16.5. The van der Waals surface area contributed by atoms with E-state index >= 15 is 0 Å². The molecule has 1 aromatic rings. The average Bonchev–Trinajstić information content (AvgIpc) is 2.42. The molecule has 0 aliphatic carbocycles. The quantitative estimate of drug-likeness (QED) is 0.667. The molecule has 108 valence electrons. The SMILES string of the molecule is CC(C)N(CCO)CCCOc1cccc(CN)c1. The zero-order valence-electron chi connectivity index (χ0n) is 12.0. The number of benzene rings is 1. The molecule has 0 aromatic heterocycles. The van der Waals surface area contributed by atoms with Crippen LogP contribution < -0.4 is 10.5 Å². The van der Waals surface area contributed by atoms with E-state index in [1.807, 2.05) is 24.3 Å². The normalized spacial score (nSPS) is 11.3. The van der Waals surface area contributed by atoms with Crippen molar-refractivity contribution in [3.63, 3.8) is 0 Å². The molecule has 0 amide bonds. The van der Waals surface area contributed by atoms with Gasteiger partial charge in [0.15, 0.2) is 0 Å². The molecule has 0 atom stereocenters. The molecule has 0 heterocycles. The van der Waals surface area contributed by atoms with E-state index in [0.717, 1.165) is 30.8 Å². The van der Waals surface area contributed by atoms with Gasteiger partial charge in [0, 0.05) is 25.7 Å². The zero-order valence-corrected chi connectivity index (χ0v) is 12.0. The van der Waals surface area contributed by atoms with E-state index in [1.165, 1.54) is 0 Å². The van der Waals surface area contributed by atoms with E-state index in [9.17, 15) is 0 Å². The Kier molecular flexibility index (Phi) is 7.48. The van der Waals surface area contributed by atoms with Crippen LogP contribution in [0.1, 0.15) is 25.8 Å². The van der Waals surface area contributed by atoms with Crippen molar-refractivity contribution in [1.82, 2.24) is 4.90 Å². The Balaban J connectivity index is 2.29. The van der Waals surface area contributed by atoms with Crippen LogP contribution in [0.4, 0.5) is 0 Å². The van der Waals surface area contributed by atoms with Gasteiger partial charge in [0.1, 0.15) is 5.75 Å². The van der Waals surface area contributed by atoms with Crippen molar-refractivity contribution >= 4 is 0 Å². The van der Waals surface area contributed by atoms with Crippen molar-refractivity contribution in [2.75, 3.05) is 26.3 Å². The van der Waals surface area contributed by atoms with Crippen molar-refractivity contribution in [2.45, 2.75) is 32.9 Å².